The van der Waals surface area contributed by atoms with Crippen LogP contribution in [0.5, 0.6) is 0 Å². The molecule has 0 N–H and O–H groups in total. The summed E-state index contributed by atoms with van der Waals surface area (Å²) < 4.78 is 5.04. The standard InChI is InChI=1S/C15H21NO2/c1-2-5-13-6-3-4-7-15(13)16-10-8-14(9-11-16)18-12-17/h3-4,6-7,12,14H,2,5,8-11H2,1H3. The van der Waals surface area contributed by atoms with Crippen LogP contribution < -0.4 is 4.90 Å². The first-order chi connectivity index (χ1) is 8.85. The molecule has 98 valence electrons. The molecule has 1 heterocycles. The van der Waals surface area contributed by atoms with E-state index in [1.807, 2.05) is 0 Å². The molecule has 1 aromatic rings. The second-order valence-corrected chi connectivity index (χ2v) is 4.80. The van der Waals surface area contributed by atoms with Gasteiger partial charge in [0.05, 0.1) is 0 Å². The maximum atomic E-state index is 10.3. The Balaban J connectivity index is 2.02. The molecule has 0 spiro atoms. The fraction of sp³-hybridized carbons (Fsp3) is 0.533. The Morgan fingerprint density at radius 1 is 1.33 bits per heavy atom. The van der Waals surface area contributed by atoms with Crippen molar-refractivity contribution >= 4 is 12.2 Å². The molecule has 1 fully saturated rings. The highest BCUT2D eigenvalue weighted by Crippen LogP contribution is 2.25. The quantitative estimate of drug-likeness (QED) is 0.749. The van der Waals surface area contributed by atoms with Gasteiger partial charge in [0.2, 0.25) is 0 Å². The number of aryl methyl sites for hydroxylation is 1. The Hall–Kier alpha value is -1.51. The van der Waals surface area contributed by atoms with Gasteiger partial charge in [-0.25, -0.2) is 0 Å². The molecule has 1 aliphatic rings. The zero-order valence-electron chi connectivity index (χ0n) is 11.0. The smallest absolute Gasteiger partial charge is 0.293 e. The average molecular weight is 247 g/mol. The molecule has 0 bridgehead atoms. The van der Waals surface area contributed by atoms with E-state index in [4.69, 9.17) is 4.74 Å². The number of hydrogen-bond donors (Lipinski definition) is 0. The molecule has 0 unspecified atom stereocenters. The van der Waals surface area contributed by atoms with Crippen molar-refractivity contribution < 1.29 is 9.53 Å². The summed E-state index contributed by atoms with van der Waals surface area (Å²) in [5, 5.41) is 0. The minimum Gasteiger partial charge on any atom is -0.464 e. The summed E-state index contributed by atoms with van der Waals surface area (Å²) in [5.74, 6) is 0. The number of carbonyl (C=O) groups excluding carboxylic acids is 1. The van der Waals surface area contributed by atoms with E-state index in [1.54, 1.807) is 0 Å². The van der Waals surface area contributed by atoms with Crippen molar-refractivity contribution in [2.75, 3.05) is 18.0 Å². The number of ether oxygens (including phenoxy) is 1. The fourth-order valence-corrected chi connectivity index (χ4v) is 2.61. The molecule has 0 aliphatic carbocycles. The maximum absolute atomic E-state index is 10.3. The third-order valence-corrected chi connectivity index (χ3v) is 3.54. The van der Waals surface area contributed by atoms with E-state index < -0.39 is 0 Å². The van der Waals surface area contributed by atoms with Gasteiger partial charge in [0.1, 0.15) is 6.10 Å². The normalized spacial score (nSPS) is 16.6. The minimum atomic E-state index is 0.108. The molecular weight excluding hydrogens is 226 g/mol. The summed E-state index contributed by atoms with van der Waals surface area (Å²) >= 11 is 0. The Morgan fingerprint density at radius 3 is 2.72 bits per heavy atom. The van der Waals surface area contributed by atoms with Crippen LogP contribution >= 0.6 is 0 Å². The van der Waals surface area contributed by atoms with Crippen LogP contribution in [0, 0.1) is 0 Å². The van der Waals surface area contributed by atoms with E-state index in [0.717, 1.165) is 32.4 Å². The highest BCUT2D eigenvalue weighted by Gasteiger charge is 2.21. The zero-order chi connectivity index (χ0) is 12.8. The van der Waals surface area contributed by atoms with Crippen LogP contribution in [-0.4, -0.2) is 25.7 Å². The average Bonchev–Trinajstić information content (AvgIpc) is 2.41. The van der Waals surface area contributed by atoms with Crippen LogP contribution in [0.4, 0.5) is 5.69 Å². The summed E-state index contributed by atoms with van der Waals surface area (Å²) in [6.07, 6.45) is 4.26. The number of carbonyl (C=O) groups is 1. The third kappa shape index (κ3) is 3.03. The monoisotopic (exact) mass is 247 g/mol. The van der Waals surface area contributed by atoms with Crippen LogP contribution in [0.1, 0.15) is 31.7 Å². The predicted molar refractivity (Wildman–Crippen MR) is 72.8 cm³/mol. The second kappa shape index (κ2) is 6.43. The van der Waals surface area contributed by atoms with Gasteiger partial charge in [0.25, 0.3) is 6.47 Å². The van der Waals surface area contributed by atoms with Gasteiger partial charge >= 0.3 is 0 Å². The number of hydrogen-bond acceptors (Lipinski definition) is 3. The second-order valence-electron chi connectivity index (χ2n) is 4.80. The number of anilines is 1. The minimum absolute atomic E-state index is 0.108. The van der Waals surface area contributed by atoms with E-state index >= 15 is 0 Å². The molecule has 0 aromatic heterocycles. The van der Waals surface area contributed by atoms with Gasteiger partial charge in [-0.2, -0.15) is 0 Å². The van der Waals surface area contributed by atoms with Crippen LogP contribution in [0.3, 0.4) is 0 Å². The molecule has 18 heavy (non-hydrogen) atoms. The van der Waals surface area contributed by atoms with E-state index in [1.165, 1.54) is 17.7 Å². The lowest BCUT2D eigenvalue weighted by Crippen LogP contribution is -2.37. The van der Waals surface area contributed by atoms with Crippen molar-refractivity contribution in [2.24, 2.45) is 0 Å². The molecule has 1 aliphatic heterocycles. The third-order valence-electron chi connectivity index (χ3n) is 3.54. The summed E-state index contributed by atoms with van der Waals surface area (Å²) in [7, 11) is 0. The Bertz CT molecular complexity index is 384. The Labute approximate surface area is 109 Å². The zero-order valence-corrected chi connectivity index (χ0v) is 11.0. The first-order valence-electron chi connectivity index (χ1n) is 6.77. The molecular formula is C15H21NO2. The number of benzene rings is 1. The lowest BCUT2D eigenvalue weighted by Gasteiger charge is -2.34. The largest absolute Gasteiger partial charge is 0.464 e. The highest BCUT2D eigenvalue weighted by molar-refractivity contribution is 5.54. The van der Waals surface area contributed by atoms with Gasteiger partial charge in [-0.05, 0) is 18.1 Å². The SMILES string of the molecule is CCCc1ccccc1N1CCC(OC=O)CC1. The molecule has 2 rings (SSSR count). The molecule has 1 aromatic carbocycles. The van der Waals surface area contributed by atoms with E-state index in [2.05, 4.69) is 36.1 Å². The van der Waals surface area contributed by atoms with Gasteiger partial charge in [-0.1, -0.05) is 31.5 Å². The topological polar surface area (TPSA) is 29.5 Å². The first kappa shape index (κ1) is 12.9. The summed E-state index contributed by atoms with van der Waals surface area (Å²) in [6, 6.07) is 8.62. The molecule has 0 amide bonds. The summed E-state index contributed by atoms with van der Waals surface area (Å²) in [4.78, 5) is 12.7. The van der Waals surface area contributed by atoms with Gasteiger partial charge in [0.15, 0.2) is 0 Å². The van der Waals surface area contributed by atoms with Crippen molar-refractivity contribution in [2.45, 2.75) is 38.7 Å². The lowest BCUT2D eigenvalue weighted by atomic mass is 10.0. The molecule has 0 saturated carbocycles. The Kier molecular flexibility index (Phi) is 4.62. The van der Waals surface area contributed by atoms with Gasteiger partial charge in [-0.15, -0.1) is 0 Å². The summed E-state index contributed by atoms with van der Waals surface area (Å²) in [5.41, 5.74) is 2.78. The number of nitrogens with zero attached hydrogens (tertiary/aromatic N) is 1. The molecule has 3 heteroatoms. The lowest BCUT2D eigenvalue weighted by molar-refractivity contribution is -0.134. The number of piperidine rings is 1. The summed E-state index contributed by atoms with van der Waals surface area (Å²) in [6.45, 7) is 4.73. The van der Waals surface area contributed by atoms with Crippen LogP contribution in [0.15, 0.2) is 24.3 Å². The molecule has 3 nitrogen and oxygen atoms in total. The number of para-hydroxylation sites is 1. The van der Waals surface area contributed by atoms with E-state index in [9.17, 15) is 4.79 Å². The van der Waals surface area contributed by atoms with Gasteiger partial charge in [-0.3, -0.25) is 4.79 Å². The van der Waals surface area contributed by atoms with Gasteiger partial charge in [0, 0.05) is 31.6 Å². The van der Waals surface area contributed by atoms with Crippen molar-refractivity contribution in [1.82, 2.24) is 0 Å². The van der Waals surface area contributed by atoms with Crippen molar-refractivity contribution in [3.05, 3.63) is 29.8 Å². The molecule has 0 atom stereocenters. The van der Waals surface area contributed by atoms with Crippen molar-refractivity contribution in [3.8, 4) is 0 Å². The first-order valence-corrected chi connectivity index (χ1v) is 6.77. The molecule has 0 radical (unpaired) electrons. The van der Waals surface area contributed by atoms with Crippen LogP contribution in [0.25, 0.3) is 0 Å². The molecule has 1 saturated heterocycles. The fourth-order valence-electron chi connectivity index (χ4n) is 2.61. The maximum Gasteiger partial charge on any atom is 0.293 e. The number of rotatable bonds is 5. The van der Waals surface area contributed by atoms with Crippen LogP contribution in [-0.2, 0) is 16.0 Å². The van der Waals surface area contributed by atoms with Crippen LogP contribution in [0.2, 0.25) is 0 Å². The van der Waals surface area contributed by atoms with E-state index in [0.29, 0.717) is 6.47 Å². The highest BCUT2D eigenvalue weighted by atomic mass is 16.5. The van der Waals surface area contributed by atoms with Crippen molar-refractivity contribution in [3.63, 3.8) is 0 Å². The van der Waals surface area contributed by atoms with Gasteiger partial charge < -0.3 is 9.64 Å². The van der Waals surface area contributed by atoms with E-state index in [-0.39, 0.29) is 6.10 Å². The Morgan fingerprint density at radius 2 is 2.06 bits per heavy atom. The van der Waals surface area contributed by atoms with Crippen molar-refractivity contribution in [1.29, 1.82) is 0 Å². The predicted octanol–water partition coefficient (Wildman–Crippen LogP) is 2.78.